The second-order valence-electron chi connectivity index (χ2n) is 4.59. The van der Waals surface area contributed by atoms with Crippen LogP contribution in [-0.4, -0.2) is 41.7 Å². The van der Waals surface area contributed by atoms with Crippen LogP contribution in [0.4, 0.5) is 13.2 Å². The van der Waals surface area contributed by atoms with E-state index in [1.165, 1.54) is 6.33 Å². The number of alkyl halides is 3. The SMILES string of the molecule is O=C(NCCc1cnc[nH]1)C1(C(F)(F)F)CCNC1. The van der Waals surface area contributed by atoms with Crippen molar-refractivity contribution in [3.63, 3.8) is 0 Å². The third kappa shape index (κ3) is 2.73. The van der Waals surface area contributed by atoms with E-state index >= 15 is 0 Å². The highest BCUT2D eigenvalue weighted by molar-refractivity contribution is 5.84. The summed E-state index contributed by atoms with van der Waals surface area (Å²) in [6.07, 6.45) is -1.27. The number of aromatic nitrogens is 2. The maximum Gasteiger partial charge on any atom is 0.404 e. The number of nitrogens with zero attached hydrogens (tertiary/aromatic N) is 1. The molecule has 1 aliphatic heterocycles. The van der Waals surface area contributed by atoms with Gasteiger partial charge in [-0.2, -0.15) is 13.2 Å². The Hall–Kier alpha value is -1.57. The van der Waals surface area contributed by atoms with Crippen molar-refractivity contribution in [3.05, 3.63) is 18.2 Å². The lowest BCUT2D eigenvalue weighted by molar-refractivity contribution is -0.215. The number of imidazole rings is 1. The molecule has 5 nitrogen and oxygen atoms in total. The molecule has 1 fully saturated rings. The standard InChI is InChI=1S/C11H15F3N4O/c12-11(13,14)10(2-4-15-6-10)9(19)17-3-1-8-5-16-7-18-8/h5,7,15H,1-4,6H2,(H,16,18)(H,17,19). The average Bonchev–Trinajstić information content (AvgIpc) is 2.99. The summed E-state index contributed by atoms with van der Waals surface area (Å²) in [4.78, 5) is 18.5. The summed E-state index contributed by atoms with van der Waals surface area (Å²) in [5.41, 5.74) is -1.52. The molecule has 1 amide bonds. The average molecular weight is 276 g/mol. The van der Waals surface area contributed by atoms with Crippen LogP contribution < -0.4 is 10.6 Å². The zero-order chi connectivity index (χ0) is 13.9. The quantitative estimate of drug-likeness (QED) is 0.754. The van der Waals surface area contributed by atoms with Gasteiger partial charge >= 0.3 is 6.18 Å². The first-order chi connectivity index (χ1) is 8.96. The number of halogens is 3. The van der Waals surface area contributed by atoms with Crippen molar-refractivity contribution in [1.29, 1.82) is 0 Å². The molecule has 19 heavy (non-hydrogen) atoms. The summed E-state index contributed by atoms with van der Waals surface area (Å²) >= 11 is 0. The maximum atomic E-state index is 13.0. The fourth-order valence-electron chi connectivity index (χ4n) is 2.16. The van der Waals surface area contributed by atoms with E-state index in [-0.39, 0.29) is 26.1 Å². The van der Waals surface area contributed by atoms with E-state index in [4.69, 9.17) is 0 Å². The van der Waals surface area contributed by atoms with E-state index in [1.54, 1.807) is 6.20 Å². The first kappa shape index (κ1) is 13.9. The zero-order valence-electron chi connectivity index (χ0n) is 10.2. The first-order valence-corrected chi connectivity index (χ1v) is 5.99. The van der Waals surface area contributed by atoms with Gasteiger partial charge < -0.3 is 15.6 Å². The molecule has 0 aromatic carbocycles. The van der Waals surface area contributed by atoms with Gasteiger partial charge in [-0.1, -0.05) is 0 Å². The number of nitrogens with one attached hydrogen (secondary N) is 3. The van der Waals surface area contributed by atoms with Crippen LogP contribution in [0.5, 0.6) is 0 Å². The Balaban J connectivity index is 1.93. The van der Waals surface area contributed by atoms with Crippen molar-refractivity contribution in [1.82, 2.24) is 20.6 Å². The normalized spacial score (nSPS) is 23.5. The van der Waals surface area contributed by atoms with E-state index in [9.17, 15) is 18.0 Å². The van der Waals surface area contributed by atoms with E-state index in [1.807, 2.05) is 0 Å². The van der Waals surface area contributed by atoms with E-state index in [0.717, 1.165) is 5.69 Å². The molecule has 0 bridgehead atoms. The van der Waals surface area contributed by atoms with Crippen molar-refractivity contribution in [2.75, 3.05) is 19.6 Å². The van der Waals surface area contributed by atoms with Gasteiger partial charge in [0.1, 0.15) is 0 Å². The van der Waals surface area contributed by atoms with Crippen molar-refractivity contribution in [2.45, 2.75) is 19.0 Å². The molecule has 0 radical (unpaired) electrons. The molecule has 1 atom stereocenters. The summed E-state index contributed by atoms with van der Waals surface area (Å²) in [5.74, 6) is -0.954. The van der Waals surface area contributed by atoms with Crippen LogP contribution in [0, 0.1) is 5.41 Å². The Morgan fingerprint density at radius 2 is 2.32 bits per heavy atom. The third-order valence-corrected chi connectivity index (χ3v) is 3.37. The number of hydrogen-bond acceptors (Lipinski definition) is 3. The topological polar surface area (TPSA) is 69.8 Å². The fraction of sp³-hybridized carbons (Fsp3) is 0.636. The summed E-state index contributed by atoms with van der Waals surface area (Å²) in [5, 5.41) is 4.97. The third-order valence-electron chi connectivity index (χ3n) is 3.37. The van der Waals surface area contributed by atoms with Crippen LogP contribution in [0.25, 0.3) is 0 Å². The highest BCUT2D eigenvalue weighted by atomic mass is 19.4. The number of aromatic amines is 1. The van der Waals surface area contributed by atoms with Crippen molar-refractivity contribution < 1.29 is 18.0 Å². The molecule has 1 aromatic rings. The molecule has 1 saturated heterocycles. The van der Waals surface area contributed by atoms with Crippen LogP contribution in [0.2, 0.25) is 0 Å². The van der Waals surface area contributed by atoms with Crippen molar-refractivity contribution in [3.8, 4) is 0 Å². The molecule has 1 unspecified atom stereocenters. The van der Waals surface area contributed by atoms with Gasteiger partial charge in [0.25, 0.3) is 0 Å². The lowest BCUT2D eigenvalue weighted by Crippen LogP contribution is -2.52. The number of amides is 1. The smallest absolute Gasteiger partial charge is 0.355 e. The summed E-state index contributed by atoms with van der Waals surface area (Å²) in [6, 6.07) is 0. The molecule has 0 spiro atoms. The minimum atomic E-state index is -4.53. The Morgan fingerprint density at radius 3 is 2.84 bits per heavy atom. The largest absolute Gasteiger partial charge is 0.404 e. The highest BCUT2D eigenvalue weighted by Gasteiger charge is 2.61. The fourth-order valence-corrected chi connectivity index (χ4v) is 2.16. The van der Waals surface area contributed by atoms with Crippen LogP contribution in [0.1, 0.15) is 12.1 Å². The Labute approximate surface area is 108 Å². The lowest BCUT2D eigenvalue weighted by Gasteiger charge is -2.29. The Bertz CT molecular complexity index is 424. The maximum absolute atomic E-state index is 13.0. The second kappa shape index (κ2) is 5.20. The van der Waals surface area contributed by atoms with Gasteiger partial charge in [-0.3, -0.25) is 4.79 Å². The molecule has 1 aliphatic rings. The molecule has 2 rings (SSSR count). The van der Waals surface area contributed by atoms with Gasteiger partial charge in [0.05, 0.1) is 6.33 Å². The van der Waals surface area contributed by atoms with Crippen LogP contribution >= 0.6 is 0 Å². The van der Waals surface area contributed by atoms with Crippen molar-refractivity contribution in [2.24, 2.45) is 5.41 Å². The molecule has 3 N–H and O–H groups in total. The molecule has 0 aliphatic carbocycles. The minimum absolute atomic E-state index is 0.152. The molecule has 0 saturated carbocycles. The Kier molecular flexibility index (Phi) is 3.79. The van der Waals surface area contributed by atoms with Crippen LogP contribution in [0.15, 0.2) is 12.5 Å². The predicted molar refractivity (Wildman–Crippen MR) is 61.3 cm³/mol. The van der Waals surface area contributed by atoms with Gasteiger partial charge in [0.15, 0.2) is 5.41 Å². The lowest BCUT2D eigenvalue weighted by atomic mass is 9.85. The van der Waals surface area contributed by atoms with Crippen LogP contribution in [-0.2, 0) is 11.2 Å². The van der Waals surface area contributed by atoms with Gasteiger partial charge in [0, 0.05) is 31.4 Å². The van der Waals surface area contributed by atoms with E-state index in [2.05, 4.69) is 20.6 Å². The van der Waals surface area contributed by atoms with Gasteiger partial charge in [-0.05, 0) is 13.0 Å². The monoisotopic (exact) mass is 276 g/mol. The van der Waals surface area contributed by atoms with Gasteiger partial charge in [0.2, 0.25) is 5.91 Å². The molecular weight excluding hydrogens is 261 g/mol. The van der Waals surface area contributed by atoms with Gasteiger partial charge in [-0.15, -0.1) is 0 Å². The molecule has 2 heterocycles. The zero-order valence-corrected chi connectivity index (χ0v) is 10.2. The number of carbonyl (C=O) groups excluding carboxylic acids is 1. The van der Waals surface area contributed by atoms with Crippen molar-refractivity contribution >= 4 is 5.91 Å². The first-order valence-electron chi connectivity index (χ1n) is 5.99. The summed E-state index contributed by atoms with van der Waals surface area (Å²) in [6.45, 7) is -0.00126. The minimum Gasteiger partial charge on any atom is -0.355 e. The predicted octanol–water partition coefficient (Wildman–Crippen LogP) is 0.610. The number of rotatable bonds is 4. The number of carbonyl (C=O) groups is 1. The molecular formula is C11H15F3N4O. The van der Waals surface area contributed by atoms with E-state index < -0.39 is 17.5 Å². The summed E-state index contributed by atoms with van der Waals surface area (Å²) in [7, 11) is 0. The second-order valence-corrected chi connectivity index (χ2v) is 4.59. The molecule has 1 aromatic heterocycles. The number of H-pyrrole nitrogens is 1. The van der Waals surface area contributed by atoms with Gasteiger partial charge in [-0.25, -0.2) is 4.98 Å². The highest BCUT2D eigenvalue weighted by Crippen LogP contribution is 2.43. The Morgan fingerprint density at radius 1 is 1.53 bits per heavy atom. The molecule has 8 heteroatoms. The van der Waals surface area contributed by atoms with E-state index in [0.29, 0.717) is 6.42 Å². The number of hydrogen-bond donors (Lipinski definition) is 3. The summed E-state index contributed by atoms with van der Waals surface area (Å²) < 4.78 is 39.1. The molecule has 106 valence electrons. The van der Waals surface area contributed by atoms with Crippen LogP contribution in [0.3, 0.4) is 0 Å².